The van der Waals surface area contributed by atoms with Crippen LogP contribution in [0.3, 0.4) is 0 Å². The van der Waals surface area contributed by atoms with Gasteiger partial charge >= 0.3 is 0 Å². The van der Waals surface area contributed by atoms with Gasteiger partial charge in [0.05, 0.1) is 5.69 Å². The molecule has 0 radical (unpaired) electrons. The number of hydrogen-bond donors (Lipinski definition) is 2. The van der Waals surface area contributed by atoms with Crippen LogP contribution in [-0.4, -0.2) is 18.2 Å². The number of nitrogens with one attached hydrogen (secondary N) is 1. The van der Waals surface area contributed by atoms with Crippen molar-refractivity contribution in [3.05, 3.63) is 29.8 Å². The Bertz CT molecular complexity index is 377. The third-order valence-electron chi connectivity index (χ3n) is 2.41. The van der Waals surface area contributed by atoms with Crippen molar-refractivity contribution in [3.8, 4) is 0 Å². The lowest BCUT2D eigenvalue weighted by atomic mass is 10.0. The van der Waals surface area contributed by atoms with E-state index in [4.69, 9.17) is 5.73 Å². The highest BCUT2D eigenvalue weighted by molar-refractivity contribution is 6.02. The average Bonchev–Trinajstić information content (AvgIpc) is 2.30. The Morgan fingerprint density at radius 2 is 2.19 bits per heavy atom. The van der Waals surface area contributed by atoms with Crippen molar-refractivity contribution in [2.45, 2.75) is 25.8 Å². The van der Waals surface area contributed by atoms with E-state index in [0.717, 1.165) is 6.42 Å². The Hall–Kier alpha value is -1.68. The second-order valence-electron chi connectivity index (χ2n) is 3.60. The van der Waals surface area contributed by atoms with Gasteiger partial charge in [0, 0.05) is 18.0 Å². The SMILES string of the molecule is CCC(N)CC(=O)c1ccccc1NC=O. The molecule has 4 nitrogen and oxygen atoms in total. The van der Waals surface area contributed by atoms with Gasteiger partial charge in [-0.15, -0.1) is 0 Å². The average molecular weight is 220 g/mol. The number of para-hydroxylation sites is 1. The van der Waals surface area contributed by atoms with E-state index in [0.29, 0.717) is 24.1 Å². The van der Waals surface area contributed by atoms with Gasteiger partial charge in [-0.2, -0.15) is 0 Å². The van der Waals surface area contributed by atoms with E-state index in [2.05, 4.69) is 5.32 Å². The molecule has 0 bridgehead atoms. The highest BCUT2D eigenvalue weighted by Gasteiger charge is 2.13. The number of amides is 1. The van der Waals surface area contributed by atoms with Crippen LogP contribution in [0.1, 0.15) is 30.1 Å². The van der Waals surface area contributed by atoms with Gasteiger partial charge in [-0.25, -0.2) is 0 Å². The zero-order chi connectivity index (χ0) is 12.0. The molecule has 1 aromatic rings. The van der Waals surface area contributed by atoms with Crippen molar-refractivity contribution < 1.29 is 9.59 Å². The largest absolute Gasteiger partial charge is 0.328 e. The predicted molar refractivity (Wildman–Crippen MR) is 63.3 cm³/mol. The first-order valence-corrected chi connectivity index (χ1v) is 5.27. The molecule has 0 aliphatic carbocycles. The lowest BCUT2D eigenvalue weighted by molar-refractivity contribution is -0.105. The standard InChI is InChI=1S/C12H16N2O2/c1-2-9(13)7-12(16)10-5-3-4-6-11(10)14-8-15/h3-6,8-9H,2,7,13H2,1H3,(H,14,15). The summed E-state index contributed by atoms with van der Waals surface area (Å²) in [7, 11) is 0. The number of benzene rings is 1. The Morgan fingerprint density at radius 1 is 1.50 bits per heavy atom. The van der Waals surface area contributed by atoms with Crippen LogP contribution in [0.25, 0.3) is 0 Å². The van der Waals surface area contributed by atoms with Crippen molar-refractivity contribution in [1.29, 1.82) is 0 Å². The molecule has 0 spiro atoms. The number of hydrogen-bond acceptors (Lipinski definition) is 3. The van der Waals surface area contributed by atoms with Gasteiger partial charge in [0.25, 0.3) is 0 Å². The molecule has 0 saturated carbocycles. The van der Waals surface area contributed by atoms with Crippen LogP contribution in [0.4, 0.5) is 5.69 Å². The van der Waals surface area contributed by atoms with E-state index in [-0.39, 0.29) is 11.8 Å². The lowest BCUT2D eigenvalue weighted by Gasteiger charge is -2.10. The third kappa shape index (κ3) is 3.17. The normalized spacial score (nSPS) is 11.9. The Balaban J connectivity index is 2.85. The van der Waals surface area contributed by atoms with Crippen molar-refractivity contribution in [3.63, 3.8) is 0 Å². The summed E-state index contributed by atoms with van der Waals surface area (Å²) in [5.74, 6) is -0.0423. The molecule has 4 heteroatoms. The molecule has 1 unspecified atom stereocenters. The molecule has 1 amide bonds. The fraction of sp³-hybridized carbons (Fsp3) is 0.333. The minimum atomic E-state index is -0.128. The second kappa shape index (κ2) is 6.02. The Kier molecular flexibility index (Phi) is 4.66. The molecule has 1 atom stereocenters. The molecule has 1 rings (SSSR count). The van der Waals surface area contributed by atoms with Crippen LogP contribution in [0, 0.1) is 0 Å². The number of nitrogens with two attached hydrogens (primary N) is 1. The minimum Gasteiger partial charge on any atom is -0.328 e. The van der Waals surface area contributed by atoms with Gasteiger partial charge in [-0.05, 0) is 18.6 Å². The predicted octanol–water partition coefficient (Wildman–Crippen LogP) is 1.56. The number of Topliss-reactive ketones (excluding diaryl/α,β-unsaturated/α-hetero) is 1. The zero-order valence-electron chi connectivity index (χ0n) is 9.27. The van der Waals surface area contributed by atoms with Crippen LogP contribution in [-0.2, 0) is 4.79 Å². The number of carbonyl (C=O) groups is 2. The minimum absolute atomic E-state index is 0.0423. The van der Waals surface area contributed by atoms with Crippen molar-refractivity contribution in [1.82, 2.24) is 0 Å². The summed E-state index contributed by atoms with van der Waals surface area (Å²) >= 11 is 0. The summed E-state index contributed by atoms with van der Waals surface area (Å²) in [5, 5.41) is 2.51. The molecule has 0 aliphatic rings. The summed E-state index contributed by atoms with van der Waals surface area (Å²) in [6, 6.07) is 6.79. The first-order valence-electron chi connectivity index (χ1n) is 5.27. The van der Waals surface area contributed by atoms with E-state index < -0.39 is 0 Å². The maximum absolute atomic E-state index is 11.9. The summed E-state index contributed by atoms with van der Waals surface area (Å²) in [6.07, 6.45) is 1.62. The van der Waals surface area contributed by atoms with Crippen molar-refractivity contribution >= 4 is 17.9 Å². The molecular formula is C12H16N2O2. The van der Waals surface area contributed by atoms with Gasteiger partial charge in [-0.3, -0.25) is 9.59 Å². The zero-order valence-corrected chi connectivity index (χ0v) is 9.27. The number of carbonyl (C=O) groups excluding carboxylic acids is 2. The number of anilines is 1. The fourth-order valence-corrected chi connectivity index (χ4v) is 1.41. The second-order valence-corrected chi connectivity index (χ2v) is 3.60. The topological polar surface area (TPSA) is 72.2 Å². The molecule has 1 aromatic carbocycles. The van der Waals surface area contributed by atoms with E-state index in [9.17, 15) is 9.59 Å². The molecule has 3 N–H and O–H groups in total. The lowest BCUT2D eigenvalue weighted by Crippen LogP contribution is -2.23. The molecule has 16 heavy (non-hydrogen) atoms. The Labute approximate surface area is 94.8 Å². The van der Waals surface area contributed by atoms with Crippen LogP contribution >= 0.6 is 0 Å². The van der Waals surface area contributed by atoms with Gasteiger partial charge in [0.15, 0.2) is 5.78 Å². The third-order valence-corrected chi connectivity index (χ3v) is 2.41. The van der Waals surface area contributed by atoms with Crippen LogP contribution in [0.15, 0.2) is 24.3 Å². The van der Waals surface area contributed by atoms with E-state index in [1.54, 1.807) is 24.3 Å². The molecule has 0 saturated heterocycles. The monoisotopic (exact) mass is 220 g/mol. The fourth-order valence-electron chi connectivity index (χ4n) is 1.41. The van der Waals surface area contributed by atoms with Gasteiger partial charge < -0.3 is 11.1 Å². The molecule has 0 aromatic heterocycles. The summed E-state index contributed by atoms with van der Waals surface area (Å²) in [5.41, 5.74) is 6.77. The van der Waals surface area contributed by atoms with E-state index in [1.807, 2.05) is 6.92 Å². The smallest absolute Gasteiger partial charge is 0.211 e. The quantitative estimate of drug-likeness (QED) is 0.564. The molecular weight excluding hydrogens is 204 g/mol. The maximum atomic E-state index is 11.9. The number of rotatable bonds is 6. The number of ketones is 1. The van der Waals surface area contributed by atoms with E-state index >= 15 is 0 Å². The summed E-state index contributed by atoms with van der Waals surface area (Å²) < 4.78 is 0. The van der Waals surface area contributed by atoms with Gasteiger partial charge in [-0.1, -0.05) is 19.1 Å². The maximum Gasteiger partial charge on any atom is 0.211 e. The molecule has 0 aliphatic heterocycles. The van der Waals surface area contributed by atoms with Crippen molar-refractivity contribution in [2.24, 2.45) is 5.73 Å². The first-order chi connectivity index (χ1) is 7.69. The summed E-state index contributed by atoms with van der Waals surface area (Å²) in [6.45, 7) is 1.94. The highest BCUT2D eigenvalue weighted by atomic mass is 16.1. The summed E-state index contributed by atoms with van der Waals surface area (Å²) in [4.78, 5) is 22.3. The van der Waals surface area contributed by atoms with E-state index in [1.165, 1.54) is 0 Å². The van der Waals surface area contributed by atoms with Crippen LogP contribution < -0.4 is 11.1 Å². The van der Waals surface area contributed by atoms with Crippen LogP contribution in [0.2, 0.25) is 0 Å². The van der Waals surface area contributed by atoms with Gasteiger partial charge in [0.2, 0.25) is 6.41 Å². The first kappa shape index (κ1) is 12.4. The van der Waals surface area contributed by atoms with Gasteiger partial charge in [0.1, 0.15) is 0 Å². The molecule has 0 heterocycles. The van der Waals surface area contributed by atoms with Crippen LogP contribution in [0.5, 0.6) is 0 Å². The Morgan fingerprint density at radius 3 is 2.81 bits per heavy atom. The molecule has 0 fully saturated rings. The highest BCUT2D eigenvalue weighted by Crippen LogP contribution is 2.17. The molecule has 86 valence electrons. The van der Waals surface area contributed by atoms with Crippen molar-refractivity contribution in [2.75, 3.05) is 5.32 Å².